The molecule has 2 aliphatic heterocycles. The van der Waals surface area contributed by atoms with E-state index in [1.54, 1.807) is 0 Å². The molecular weight excluding hydrogens is 326 g/mol. The Kier molecular flexibility index (Phi) is 5.04. The quantitative estimate of drug-likeness (QED) is 0.907. The molecule has 1 unspecified atom stereocenters. The number of likely N-dealkylation sites (tertiary alicyclic amines) is 1. The van der Waals surface area contributed by atoms with Gasteiger partial charge in [-0.1, -0.05) is 18.2 Å². The lowest BCUT2D eigenvalue weighted by molar-refractivity contribution is -0.135. The number of hydrogen-bond donors (Lipinski definition) is 1. The van der Waals surface area contributed by atoms with Crippen molar-refractivity contribution in [2.24, 2.45) is 0 Å². The molecule has 0 saturated carbocycles. The normalized spacial score (nSPS) is 22.0. The minimum Gasteiger partial charge on any atom is -0.336 e. The monoisotopic (exact) mass is 353 g/mol. The zero-order valence-corrected chi connectivity index (χ0v) is 15.4. The first-order valence-electron chi connectivity index (χ1n) is 9.54. The van der Waals surface area contributed by atoms with E-state index in [9.17, 15) is 4.79 Å². The van der Waals surface area contributed by atoms with Gasteiger partial charge >= 0.3 is 0 Å². The zero-order chi connectivity index (χ0) is 17.9. The van der Waals surface area contributed by atoms with Gasteiger partial charge < -0.3 is 10.2 Å². The van der Waals surface area contributed by atoms with E-state index in [0.717, 1.165) is 51.3 Å². The second kappa shape index (κ2) is 7.60. The summed E-state index contributed by atoms with van der Waals surface area (Å²) in [5.41, 5.74) is 3.56. The first-order chi connectivity index (χ1) is 12.7. The van der Waals surface area contributed by atoms with Gasteiger partial charge in [-0.15, -0.1) is 0 Å². The van der Waals surface area contributed by atoms with Crippen LogP contribution in [-0.2, 0) is 11.3 Å². The van der Waals surface area contributed by atoms with Crippen LogP contribution in [0.25, 0.3) is 5.69 Å². The first kappa shape index (κ1) is 17.2. The number of carbonyl (C=O) groups is 1. The number of para-hydroxylation sites is 1. The van der Waals surface area contributed by atoms with Gasteiger partial charge in [0.25, 0.3) is 0 Å². The van der Waals surface area contributed by atoms with Gasteiger partial charge in [0.05, 0.1) is 17.9 Å². The topological polar surface area (TPSA) is 53.4 Å². The highest BCUT2D eigenvalue weighted by atomic mass is 16.2. The van der Waals surface area contributed by atoms with Crippen LogP contribution >= 0.6 is 0 Å². The van der Waals surface area contributed by atoms with E-state index in [-0.39, 0.29) is 5.91 Å². The Bertz CT molecular complexity index is 771. The van der Waals surface area contributed by atoms with Crippen molar-refractivity contribution in [1.82, 2.24) is 24.9 Å². The fraction of sp³-hybridized carbons (Fsp3) is 0.500. The van der Waals surface area contributed by atoms with Crippen molar-refractivity contribution in [3.63, 3.8) is 0 Å². The molecule has 1 atom stereocenters. The standard InChI is InChI=1S/C20H27N5O/c1-16-5-2-3-7-19(16)25-18(8-9-22-25)15-23-11-4-6-17(14-23)24-12-10-21-13-20(24)26/h2-3,5,7-9,17,21H,4,6,10-15H2,1H3. The molecule has 0 aliphatic carbocycles. The van der Waals surface area contributed by atoms with Crippen molar-refractivity contribution in [2.45, 2.75) is 32.4 Å². The van der Waals surface area contributed by atoms with Crippen LogP contribution in [0.15, 0.2) is 36.5 Å². The number of aromatic nitrogens is 2. The van der Waals surface area contributed by atoms with Crippen molar-refractivity contribution in [1.29, 1.82) is 0 Å². The molecule has 0 bridgehead atoms. The lowest BCUT2D eigenvalue weighted by atomic mass is 10.0. The molecule has 2 fully saturated rings. The van der Waals surface area contributed by atoms with Crippen LogP contribution in [0.1, 0.15) is 24.1 Å². The van der Waals surface area contributed by atoms with Gasteiger partial charge in [-0.05, 0) is 44.0 Å². The third-order valence-electron chi connectivity index (χ3n) is 5.50. The summed E-state index contributed by atoms with van der Waals surface area (Å²) in [6, 6.07) is 10.8. The molecule has 2 aromatic rings. The molecule has 1 amide bonds. The summed E-state index contributed by atoms with van der Waals surface area (Å²) in [5.74, 6) is 0.244. The fourth-order valence-electron chi connectivity index (χ4n) is 4.13. The minimum absolute atomic E-state index is 0.244. The Morgan fingerprint density at radius 3 is 2.96 bits per heavy atom. The number of aryl methyl sites for hydroxylation is 1. The number of piperazine rings is 1. The summed E-state index contributed by atoms with van der Waals surface area (Å²) in [4.78, 5) is 16.8. The van der Waals surface area contributed by atoms with E-state index in [2.05, 4.69) is 62.2 Å². The van der Waals surface area contributed by atoms with E-state index in [1.165, 1.54) is 11.3 Å². The average Bonchev–Trinajstić information content (AvgIpc) is 3.10. The van der Waals surface area contributed by atoms with Gasteiger partial charge in [-0.3, -0.25) is 9.69 Å². The molecule has 6 nitrogen and oxygen atoms in total. The molecule has 3 heterocycles. The van der Waals surface area contributed by atoms with Gasteiger partial charge in [0.1, 0.15) is 0 Å². The summed E-state index contributed by atoms with van der Waals surface area (Å²) >= 11 is 0. The van der Waals surface area contributed by atoms with Crippen molar-refractivity contribution in [3.05, 3.63) is 47.8 Å². The molecule has 138 valence electrons. The first-order valence-corrected chi connectivity index (χ1v) is 9.54. The van der Waals surface area contributed by atoms with Crippen LogP contribution < -0.4 is 5.32 Å². The smallest absolute Gasteiger partial charge is 0.236 e. The molecule has 2 saturated heterocycles. The third kappa shape index (κ3) is 3.52. The summed E-state index contributed by atoms with van der Waals surface area (Å²) in [6.07, 6.45) is 4.13. The van der Waals surface area contributed by atoms with Gasteiger partial charge in [-0.25, -0.2) is 4.68 Å². The highest BCUT2D eigenvalue weighted by Gasteiger charge is 2.30. The summed E-state index contributed by atoms with van der Waals surface area (Å²) in [6.45, 7) is 7.23. The summed E-state index contributed by atoms with van der Waals surface area (Å²) in [5, 5.41) is 7.72. The predicted molar refractivity (Wildman–Crippen MR) is 101 cm³/mol. The van der Waals surface area contributed by atoms with Gasteiger partial charge in [0, 0.05) is 38.4 Å². The number of amides is 1. The van der Waals surface area contributed by atoms with Crippen LogP contribution in [0.5, 0.6) is 0 Å². The van der Waals surface area contributed by atoms with E-state index < -0.39 is 0 Å². The lowest BCUT2D eigenvalue weighted by Crippen LogP contribution is -2.56. The molecule has 6 heteroatoms. The van der Waals surface area contributed by atoms with Crippen LogP contribution in [-0.4, -0.2) is 64.3 Å². The number of rotatable bonds is 4. The highest BCUT2D eigenvalue weighted by molar-refractivity contribution is 5.79. The van der Waals surface area contributed by atoms with Crippen LogP contribution in [0.3, 0.4) is 0 Å². The zero-order valence-electron chi connectivity index (χ0n) is 15.4. The maximum Gasteiger partial charge on any atom is 0.236 e. The third-order valence-corrected chi connectivity index (χ3v) is 5.50. The van der Waals surface area contributed by atoms with Gasteiger partial charge in [0.2, 0.25) is 5.91 Å². The predicted octanol–water partition coefficient (Wildman–Crippen LogP) is 1.58. The van der Waals surface area contributed by atoms with Crippen molar-refractivity contribution in [2.75, 3.05) is 32.7 Å². The van der Waals surface area contributed by atoms with E-state index >= 15 is 0 Å². The number of nitrogens with one attached hydrogen (secondary N) is 1. The molecule has 4 rings (SSSR count). The second-order valence-electron chi connectivity index (χ2n) is 7.32. The maximum atomic E-state index is 12.2. The fourth-order valence-corrected chi connectivity index (χ4v) is 4.13. The Labute approximate surface area is 154 Å². The number of benzene rings is 1. The van der Waals surface area contributed by atoms with Crippen molar-refractivity contribution < 1.29 is 4.79 Å². The highest BCUT2D eigenvalue weighted by Crippen LogP contribution is 2.21. The summed E-state index contributed by atoms with van der Waals surface area (Å²) < 4.78 is 2.05. The number of hydrogen-bond acceptors (Lipinski definition) is 4. The van der Waals surface area contributed by atoms with E-state index in [0.29, 0.717) is 12.6 Å². The van der Waals surface area contributed by atoms with E-state index in [1.807, 2.05) is 6.20 Å². The average molecular weight is 353 g/mol. The van der Waals surface area contributed by atoms with E-state index in [4.69, 9.17) is 0 Å². The molecule has 2 aliphatic rings. The van der Waals surface area contributed by atoms with Crippen LogP contribution in [0, 0.1) is 6.92 Å². The molecule has 26 heavy (non-hydrogen) atoms. The van der Waals surface area contributed by atoms with Gasteiger partial charge in [0.15, 0.2) is 0 Å². The minimum atomic E-state index is 0.244. The maximum absolute atomic E-state index is 12.2. The van der Waals surface area contributed by atoms with Crippen LogP contribution in [0.2, 0.25) is 0 Å². The SMILES string of the molecule is Cc1ccccc1-n1nccc1CN1CCCC(N2CCNCC2=O)C1. The second-order valence-corrected chi connectivity index (χ2v) is 7.32. The van der Waals surface area contributed by atoms with Gasteiger partial charge in [-0.2, -0.15) is 5.10 Å². The molecule has 1 N–H and O–H groups in total. The Morgan fingerprint density at radius 1 is 1.23 bits per heavy atom. The largest absolute Gasteiger partial charge is 0.336 e. The lowest BCUT2D eigenvalue weighted by Gasteiger charge is -2.41. The number of nitrogens with zero attached hydrogens (tertiary/aromatic N) is 4. The molecule has 0 spiro atoms. The molecule has 0 radical (unpaired) electrons. The molecule has 1 aromatic heterocycles. The Morgan fingerprint density at radius 2 is 2.12 bits per heavy atom. The molecular formula is C20H27N5O. The Hall–Kier alpha value is -2.18. The number of carbonyl (C=O) groups excluding carboxylic acids is 1. The van der Waals surface area contributed by atoms with Crippen LogP contribution in [0.4, 0.5) is 0 Å². The Balaban J connectivity index is 1.47. The summed E-state index contributed by atoms with van der Waals surface area (Å²) in [7, 11) is 0. The van der Waals surface area contributed by atoms with Crippen molar-refractivity contribution >= 4 is 5.91 Å². The van der Waals surface area contributed by atoms with Crippen molar-refractivity contribution in [3.8, 4) is 5.69 Å². The molecule has 1 aromatic carbocycles. The number of piperidine rings is 1.